The standard InChI is InChI=1S/C16H23N3O/c1-4-16(3,20-5-2)15(19-17)13-10-12-8-6-7-9-14(12)18-11-13/h6-11,15,19H,4-5,17H2,1-3H3. The number of nitrogens with one attached hydrogen (secondary N) is 1. The Kier molecular flexibility index (Phi) is 4.70. The topological polar surface area (TPSA) is 60.2 Å². The van der Waals surface area contributed by atoms with Crippen molar-refractivity contribution in [2.45, 2.75) is 38.8 Å². The van der Waals surface area contributed by atoms with Gasteiger partial charge in [0.15, 0.2) is 0 Å². The first kappa shape index (κ1) is 14.9. The lowest BCUT2D eigenvalue weighted by Crippen LogP contribution is -2.46. The van der Waals surface area contributed by atoms with Crippen molar-refractivity contribution in [2.24, 2.45) is 5.84 Å². The molecule has 4 heteroatoms. The minimum Gasteiger partial charge on any atom is -0.374 e. The van der Waals surface area contributed by atoms with Crippen molar-refractivity contribution in [3.05, 3.63) is 42.1 Å². The zero-order valence-corrected chi connectivity index (χ0v) is 12.4. The van der Waals surface area contributed by atoms with Gasteiger partial charge >= 0.3 is 0 Å². The van der Waals surface area contributed by atoms with E-state index in [4.69, 9.17) is 10.6 Å². The summed E-state index contributed by atoms with van der Waals surface area (Å²) in [6.07, 6.45) is 2.74. The molecule has 0 saturated carbocycles. The van der Waals surface area contributed by atoms with Gasteiger partial charge in [-0.25, -0.2) is 0 Å². The first-order valence-electron chi connectivity index (χ1n) is 7.09. The Hall–Kier alpha value is -1.49. The van der Waals surface area contributed by atoms with E-state index in [1.807, 2.05) is 31.3 Å². The number of fused-ring (bicyclic) bond motifs is 1. The summed E-state index contributed by atoms with van der Waals surface area (Å²) in [5.41, 5.74) is 4.57. The van der Waals surface area contributed by atoms with Crippen LogP contribution in [0.4, 0.5) is 0 Å². The predicted molar refractivity (Wildman–Crippen MR) is 82.1 cm³/mol. The Morgan fingerprint density at radius 3 is 2.75 bits per heavy atom. The monoisotopic (exact) mass is 273 g/mol. The number of hydrogen-bond donors (Lipinski definition) is 2. The van der Waals surface area contributed by atoms with Gasteiger partial charge in [-0.3, -0.25) is 16.3 Å². The van der Waals surface area contributed by atoms with E-state index in [-0.39, 0.29) is 11.6 Å². The van der Waals surface area contributed by atoms with Gasteiger partial charge in [0, 0.05) is 18.2 Å². The molecule has 2 aromatic rings. The van der Waals surface area contributed by atoms with Crippen LogP contribution in [0.1, 0.15) is 38.8 Å². The van der Waals surface area contributed by atoms with Crippen molar-refractivity contribution in [1.29, 1.82) is 0 Å². The van der Waals surface area contributed by atoms with E-state index in [0.29, 0.717) is 6.61 Å². The van der Waals surface area contributed by atoms with Crippen LogP contribution in [-0.2, 0) is 4.74 Å². The van der Waals surface area contributed by atoms with Crippen LogP contribution in [0.3, 0.4) is 0 Å². The number of rotatable bonds is 6. The van der Waals surface area contributed by atoms with Gasteiger partial charge in [0.05, 0.1) is 17.2 Å². The quantitative estimate of drug-likeness (QED) is 0.627. The van der Waals surface area contributed by atoms with Gasteiger partial charge in [-0.15, -0.1) is 0 Å². The van der Waals surface area contributed by atoms with Gasteiger partial charge in [0.2, 0.25) is 0 Å². The maximum absolute atomic E-state index is 5.93. The molecule has 0 bridgehead atoms. The van der Waals surface area contributed by atoms with Gasteiger partial charge < -0.3 is 4.74 Å². The second-order valence-electron chi connectivity index (χ2n) is 5.16. The maximum atomic E-state index is 5.93. The van der Waals surface area contributed by atoms with E-state index in [1.54, 1.807) is 0 Å². The van der Waals surface area contributed by atoms with Crippen LogP contribution in [0, 0.1) is 0 Å². The van der Waals surface area contributed by atoms with Crippen LogP contribution < -0.4 is 11.3 Å². The van der Waals surface area contributed by atoms with Crippen molar-refractivity contribution in [3.63, 3.8) is 0 Å². The van der Waals surface area contributed by atoms with Gasteiger partial charge in [-0.05, 0) is 38.0 Å². The molecule has 0 spiro atoms. The summed E-state index contributed by atoms with van der Waals surface area (Å²) in [6, 6.07) is 10.1. The molecule has 2 rings (SSSR count). The number of nitrogens with zero attached hydrogens (tertiary/aromatic N) is 1. The summed E-state index contributed by atoms with van der Waals surface area (Å²) in [4.78, 5) is 4.51. The first-order chi connectivity index (χ1) is 9.64. The van der Waals surface area contributed by atoms with E-state index in [2.05, 4.69) is 36.4 Å². The number of benzene rings is 1. The van der Waals surface area contributed by atoms with Gasteiger partial charge in [0.25, 0.3) is 0 Å². The number of para-hydroxylation sites is 1. The fraction of sp³-hybridized carbons (Fsp3) is 0.438. The van der Waals surface area contributed by atoms with Crippen molar-refractivity contribution in [2.75, 3.05) is 6.61 Å². The third kappa shape index (κ3) is 2.82. The van der Waals surface area contributed by atoms with Crippen LogP contribution in [0.15, 0.2) is 36.5 Å². The summed E-state index contributed by atoms with van der Waals surface area (Å²) in [6.45, 7) is 6.84. The molecule has 0 saturated heterocycles. The molecule has 2 unspecified atom stereocenters. The molecule has 0 amide bonds. The Balaban J connectivity index is 2.42. The fourth-order valence-corrected chi connectivity index (χ4v) is 2.59. The third-order valence-electron chi connectivity index (χ3n) is 3.90. The van der Waals surface area contributed by atoms with Crippen LogP contribution in [0.25, 0.3) is 10.9 Å². The molecule has 1 aromatic heterocycles. The number of ether oxygens (including phenoxy) is 1. The predicted octanol–water partition coefficient (Wildman–Crippen LogP) is 2.94. The number of aromatic nitrogens is 1. The van der Waals surface area contributed by atoms with Crippen molar-refractivity contribution < 1.29 is 4.74 Å². The van der Waals surface area contributed by atoms with Crippen molar-refractivity contribution in [3.8, 4) is 0 Å². The highest BCUT2D eigenvalue weighted by Crippen LogP contribution is 2.32. The highest BCUT2D eigenvalue weighted by molar-refractivity contribution is 5.78. The second kappa shape index (κ2) is 6.31. The summed E-state index contributed by atoms with van der Waals surface area (Å²) in [5.74, 6) is 5.78. The Morgan fingerprint density at radius 1 is 1.35 bits per heavy atom. The molecular weight excluding hydrogens is 250 g/mol. The molecule has 1 heterocycles. The molecule has 20 heavy (non-hydrogen) atoms. The highest BCUT2D eigenvalue weighted by Gasteiger charge is 2.34. The van der Waals surface area contributed by atoms with Crippen molar-refractivity contribution in [1.82, 2.24) is 10.4 Å². The summed E-state index contributed by atoms with van der Waals surface area (Å²) in [7, 11) is 0. The number of hydrogen-bond acceptors (Lipinski definition) is 4. The van der Waals surface area contributed by atoms with Crippen molar-refractivity contribution >= 4 is 10.9 Å². The largest absolute Gasteiger partial charge is 0.374 e. The van der Waals surface area contributed by atoms with Crippen LogP contribution >= 0.6 is 0 Å². The minimum atomic E-state index is -0.354. The minimum absolute atomic E-state index is 0.0930. The van der Waals surface area contributed by atoms with Gasteiger partial charge in [-0.2, -0.15) is 0 Å². The lowest BCUT2D eigenvalue weighted by atomic mass is 9.88. The Bertz CT molecular complexity index is 572. The van der Waals surface area contributed by atoms with Gasteiger partial charge in [0.1, 0.15) is 0 Å². The van der Waals surface area contributed by atoms with E-state index in [1.165, 1.54) is 0 Å². The van der Waals surface area contributed by atoms with Crippen LogP contribution in [-0.4, -0.2) is 17.2 Å². The second-order valence-corrected chi connectivity index (χ2v) is 5.16. The number of hydrazine groups is 1. The molecular formula is C16H23N3O. The highest BCUT2D eigenvalue weighted by atomic mass is 16.5. The lowest BCUT2D eigenvalue weighted by Gasteiger charge is -2.36. The molecule has 2 atom stereocenters. The molecule has 4 nitrogen and oxygen atoms in total. The van der Waals surface area contributed by atoms with E-state index in [9.17, 15) is 0 Å². The maximum Gasteiger partial charge on any atom is 0.0859 e. The number of nitrogens with two attached hydrogens (primary N) is 1. The molecule has 108 valence electrons. The average molecular weight is 273 g/mol. The lowest BCUT2D eigenvalue weighted by molar-refractivity contribution is -0.0564. The average Bonchev–Trinajstić information content (AvgIpc) is 2.48. The SMILES string of the molecule is CCOC(C)(CC)C(NN)c1cnc2ccccc2c1. The van der Waals surface area contributed by atoms with E-state index < -0.39 is 0 Å². The molecule has 3 N–H and O–H groups in total. The normalized spacial score (nSPS) is 16.0. The smallest absolute Gasteiger partial charge is 0.0859 e. The first-order valence-corrected chi connectivity index (χ1v) is 7.09. The summed E-state index contributed by atoms with van der Waals surface area (Å²) < 4.78 is 5.93. The Labute approximate surface area is 120 Å². The summed E-state index contributed by atoms with van der Waals surface area (Å²) >= 11 is 0. The molecule has 0 radical (unpaired) electrons. The van der Waals surface area contributed by atoms with E-state index >= 15 is 0 Å². The van der Waals surface area contributed by atoms with Crippen LogP contribution in [0.2, 0.25) is 0 Å². The summed E-state index contributed by atoms with van der Waals surface area (Å²) in [5, 5.41) is 1.11. The Morgan fingerprint density at radius 2 is 2.10 bits per heavy atom. The zero-order chi connectivity index (χ0) is 14.6. The molecule has 0 fully saturated rings. The fourth-order valence-electron chi connectivity index (χ4n) is 2.59. The molecule has 0 aliphatic heterocycles. The number of pyridine rings is 1. The molecule has 1 aromatic carbocycles. The third-order valence-corrected chi connectivity index (χ3v) is 3.90. The van der Waals surface area contributed by atoms with Crippen LogP contribution in [0.5, 0.6) is 0 Å². The van der Waals surface area contributed by atoms with E-state index in [0.717, 1.165) is 22.9 Å². The van der Waals surface area contributed by atoms with Gasteiger partial charge in [-0.1, -0.05) is 25.1 Å². The molecule has 0 aliphatic carbocycles. The molecule has 0 aliphatic rings. The zero-order valence-electron chi connectivity index (χ0n) is 12.4.